The Morgan fingerprint density at radius 1 is 1.43 bits per heavy atom. The molecule has 1 N–H and O–H groups in total. The Morgan fingerprint density at radius 2 is 2.36 bits per heavy atom. The smallest absolute Gasteiger partial charge is 0.0545 e. The van der Waals surface area contributed by atoms with Crippen LogP contribution in [0, 0.1) is 0 Å². The number of halogens is 1. The summed E-state index contributed by atoms with van der Waals surface area (Å²) < 4.78 is 0. The van der Waals surface area contributed by atoms with Crippen LogP contribution >= 0.6 is 22.9 Å². The standard InChI is InChI=1S/C11H16ClNS/c12-10-5-7-14-11(10)8-9-4-2-1-3-6-13-9/h5,7,9,13H,1-4,6,8H2. The first-order valence-corrected chi connectivity index (χ1v) is 6.57. The van der Waals surface area contributed by atoms with Gasteiger partial charge in [0.15, 0.2) is 0 Å². The Kier molecular flexibility index (Phi) is 3.85. The fraction of sp³-hybridized carbons (Fsp3) is 0.636. The second-order valence-corrected chi connectivity index (χ2v) is 5.30. The molecule has 1 aromatic rings. The second kappa shape index (κ2) is 5.15. The van der Waals surface area contributed by atoms with E-state index in [4.69, 9.17) is 11.6 Å². The van der Waals surface area contributed by atoms with Crippen LogP contribution in [0.3, 0.4) is 0 Å². The van der Waals surface area contributed by atoms with Crippen molar-refractivity contribution in [3.05, 3.63) is 21.3 Å². The first-order chi connectivity index (χ1) is 6.86. The molecule has 0 bridgehead atoms. The second-order valence-electron chi connectivity index (χ2n) is 3.90. The predicted octanol–water partition coefficient (Wildman–Crippen LogP) is 3.48. The van der Waals surface area contributed by atoms with Gasteiger partial charge in [-0.3, -0.25) is 0 Å². The molecule has 0 aliphatic carbocycles. The van der Waals surface area contributed by atoms with Gasteiger partial charge in [-0.2, -0.15) is 0 Å². The summed E-state index contributed by atoms with van der Waals surface area (Å²) in [6.07, 6.45) is 6.47. The molecule has 1 unspecified atom stereocenters. The van der Waals surface area contributed by atoms with Crippen LogP contribution in [0.2, 0.25) is 5.02 Å². The molecule has 1 saturated heterocycles. The Bertz CT molecular complexity index is 277. The van der Waals surface area contributed by atoms with Crippen molar-refractivity contribution in [3.63, 3.8) is 0 Å². The average molecular weight is 230 g/mol. The Labute approximate surface area is 94.5 Å². The fourth-order valence-electron chi connectivity index (χ4n) is 1.97. The minimum atomic E-state index is 0.647. The van der Waals surface area contributed by atoms with E-state index in [0.29, 0.717) is 6.04 Å². The highest BCUT2D eigenvalue weighted by atomic mass is 35.5. The van der Waals surface area contributed by atoms with Crippen molar-refractivity contribution >= 4 is 22.9 Å². The fourth-order valence-corrected chi connectivity index (χ4v) is 3.16. The molecular weight excluding hydrogens is 214 g/mol. The monoisotopic (exact) mass is 229 g/mol. The lowest BCUT2D eigenvalue weighted by molar-refractivity contribution is 0.510. The summed E-state index contributed by atoms with van der Waals surface area (Å²) in [7, 11) is 0. The van der Waals surface area contributed by atoms with E-state index in [0.717, 1.165) is 11.4 Å². The van der Waals surface area contributed by atoms with Gasteiger partial charge in [-0.05, 0) is 37.3 Å². The predicted molar refractivity (Wildman–Crippen MR) is 63.3 cm³/mol. The van der Waals surface area contributed by atoms with E-state index in [1.54, 1.807) is 11.3 Å². The molecule has 3 heteroatoms. The van der Waals surface area contributed by atoms with Crippen molar-refractivity contribution in [1.29, 1.82) is 0 Å². The van der Waals surface area contributed by atoms with Crippen LogP contribution < -0.4 is 5.32 Å². The van der Waals surface area contributed by atoms with Crippen LogP contribution in [0.4, 0.5) is 0 Å². The van der Waals surface area contributed by atoms with E-state index < -0.39 is 0 Å². The van der Waals surface area contributed by atoms with E-state index >= 15 is 0 Å². The van der Waals surface area contributed by atoms with Crippen molar-refractivity contribution < 1.29 is 0 Å². The normalized spacial score (nSPS) is 23.4. The van der Waals surface area contributed by atoms with Crippen molar-refractivity contribution in [3.8, 4) is 0 Å². The van der Waals surface area contributed by atoms with E-state index in [2.05, 4.69) is 10.7 Å². The third-order valence-electron chi connectivity index (χ3n) is 2.79. The minimum Gasteiger partial charge on any atom is -0.314 e. The summed E-state index contributed by atoms with van der Waals surface area (Å²) in [5.41, 5.74) is 0. The summed E-state index contributed by atoms with van der Waals surface area (Å²) in [6, 6.07) is 2.65. The first kappa shape index (κ1) is 10.5. The zero-order valence-corrected chi connectivity index (χ0v) is 9.83. The topological polar surface area (TPSA) is 12.0 Å². The number of hydrogen-bond acceptors (Lipinski definition) is 2. The van der Waals surface area contributed by atoms with Crippen LogP contribution in [-0.4, -0.2) is 12.6 Å². The number of thiophene rings is 1. The average Bonchev–Trinajstić information content (AvgIpc) is 2.44. The number of nitrogens with one attached hydrogen (secondary N) is 1. The minimum absolute atomic E-state index is 0.647. The van der Waals surface area contributed by atoms with Gasteiger partial charge in [-0.15, -0.1) is 11.3 Å². The lowest BCUT2D eigenvalue weighted by atomic mass is 10.1. The summed E-state index contributed by atoms with van der Waals surface area (Å²) in [5, 5.41) is 6.62. The van der Waals surface area contributed by atoms with Gasteiger partial charge in [0.05, 0.1) is 5.02 Å². The molecule has 1 aliphatic heterocycles. The molecule has 0 spiro atoms. The largest absolute Gasteiger partial charge is 0.314 e. The van der Waals surface area contributed by atoms with E-state index in [1.165, 1.54) is 37.1 Å². The maximum Gasteiger partial charge on any atom is 0.0545 e. The van der Waals surface area contributed by atoms with Crippen LogP contribution in [-0.2, 0) is 6.42 Å². The van der Waals surface area contributed by atoms with E-state index in [1.807, 2.05) is 6.07 Å². The summed E-state index contributed by atoms with van der Waals surface area (Å²) in [6.45, 7) is 1.17. The summed E-state index contributed by atoms with van der Waals surface area (Å²) in [4.78, 5) is 1.34. The Morgan fingerprint density at radius 3 is 3.14 bits per heavy atom. The van der Waals surface area contributed by atoms with Gasteiger partial charge in [0, 0.05) is 10.9 Å². The Balaban J connectivity index is 1.92. The molecule has 0 saturated carbocycles. The molecule has 1 atom stereocenters. The molecule has 1 nitrogen and oxygen atoms in total. The van der Waals surface area contributed by atoms with Gasteiger partial charge in [0.2, 0.25) is 0 Å². The molecule has 1 fully saturated rings. The van der Waals surface area contributed by atoms with Crippen molar-refractivity contribution in [2.24, 2.45) is 0 Å². The zero-order valence-electron chi connectivity index (χ0n) is 8.26. The van der Waals surface area contributed by atoms with Gasteiger partial charge >= 0.3 is 0 Å². The van der Waals surface area contributed by atoms with E-state index in [-0.39, 0.29) is 0 Å². The van der Waals surface area contributed by atoms with Gasteiger partial charge in [0.25, 0.3) is 0 Å². The van der Waals surface area contributed by atoms with Gasteiger partial charge in [-0.25, -0.2) is 0 Å². The Hall–Kier alpha value is -0.0500. The van der Waals surface area contributed by atoms with Gasteiger partial charge in [0.1, 0.15) is 0 Å². The van der Waals surface area contributed by atoms with Crippen LogP contribution in [0.1, 0.15) is 30.6 Å². The highest BCUT2D eigenvalue weighted by molar-refractivity contribution is 7.10. The number of hydrogen-bond donors (Lipinski definition) is 1. The molecule has 0 amide bonds. The molecule has 2 rings (SSSR count). The maximum atomic E-state index is 6.08. The molecule has 2 heterocycles. The molecule has 14 heavy (non-hydrogen) atoms. The molecule has 1 aliphatic rings. The maximum absolute atomic E-state index is 6.08. The third-order valence-corrected chi connectivity index (χ3v) is 4.19. The molecular formula is C11H16ClNS. The summed E-state index contributed by atoms with van der Waals surface area (Å²) >= 11 is 7.86. The zero-order chi connectivity index (χ0) is 9.80. The van der Waals surface area contributed by atoms with Crippen molar-refractivity contribution in [2.45, 2.75) is 38.1 Å². The molecule has 0 aromatic carbocycles. The van der Waals surface area contributed by atoms with Gasteiger partial charge < -0.3 is 5.32 Å². The molecule has 78 valence electrons. The van der Waals surface area contributed by atoms with Crippen molar-refractivity contribution in [1.82, 2.24) is 5.32 Å². The highest BCUT2D eigenvalue weighted by Crippen LogP contribution is 2.25. The van der Waals surface area contributed by atoms with Crippen LogP contribution in [0.5, 0.6) is 0 Å². The van der Waals surface area contributed by atoms with Gasteiger partial charge in [-0.1, -0.05) is 24.4 Å². The lowest BCUT2D eigenvalue weighted by Crippen LogP contribution is -2.29. The van der Waals surface area contributed by atoms with Crippen LogP contribution in [0.25, 0.3) is 0 Å². The van der Waals surface area contributed by atoms with E-state index in [9.17, 15) is 0 Å². The first-order valence-electron chi connectivity index (χ1n) is 5.31. The molecule has 1 aromatic heterocycles. The third kappa shape index (κ3) is 2.72. The quantitative estimate of drug-likeness (QED) is 0.819. The number of rotatable bonds is 2. The van der Waals surface area contributed by atoms with Crippen molar-refractivity contribution in [2.75, 3.05) is 6.54 Å². The highest BCUT2D eigenvalue weighted by Gasteiger charge is 2.13. The van der Waals surface area contributed by atoms with Crippen LogP contribution in [0.15, 0.2) is 11.4 Å². The summed E-state index contributed by atoms with van der Waals surface area (Å²) in [5.74, 6) is 0. The lowest BCUT2D eigenvalue weighted by Gasteiger charge is -2.14. The SMILES string of the molecule is Clc1ccsc1CC1CCCCCN1. The molecule has 0 radical (unpaired) electrons.